The van der Waals surface area contributed by atoms with Gasteiger partial charge in [-0.3, -0.25) is 4.99 Å². The SMILES string of the molecule is CCCCN=Cc1cc(OC)cc(C(C)(C)c2ccccc2)c1O. The lowest BCUT2D eigenvalue weighted by Gasteiger charge is -2.28. The van der Waals surface area contributed by atoms with Crippen molar-refractivity contribution in [1.82, 2.24) is 0 Å². The molecule has 0 amide bonds. The van der Waals surface area contributed by atoms with E-state index in [4.69, 9.17) is 4.74 Å². The van der Waals surface area contributed by atoms with Crippen molar-refractivity contribution in [2.24, 2.45) is 4.99 Å². The third-order valence-corrected chi connectivity index (χ3v) is 4.39. The number of phenols is 1. The number of hydrogen-bond donors (Lipinski definition) is 1. The fourth-order valence-corrected chi connectivity index (χ4v) is 2.74. The van der Waals surface area contributed by atoms with Crippen molar-refractivity contribution in [2.75, 3.05) is 13.7 Å². The van der Waals surface area contributed by atoms with Crippen molar-refractivity contribution in [3.05, 3.63) is 59.2 Å². The number of aliphatic imine (C=N–C) groups is 1. The van der Waals surface area contributed by atoms with Crippen LogP contribution in [0.1, 0.15) is 50.3 Å². The first-order valence-corrected chi connectivity index (χ1v) is 8.47. The second-order valence-electron chi connectivity index (χ2n) is 6.49. The first-order chi connectivity index (χ1) is 11.5. The molecule has 0 aliphatic carbocycles. The van der Waals surface area contributed by atoms with Crippen LogP contribution < -0.4 is 4.74 Å². The summed E-state index contributed by atoms with van der Waals surface area (Å²) in [6.45, 7) is 7.12. The normalized spacial score (nSPS) is 11.8. The second-order valence-corrected chi connectivity index (χ2v) is 6.49. The summed E-state index contributed by atoms with van der Waals surface area (Å²) >= 11 is 0. The van der Waals surface area contributed by atoms with Crippen LogP contribution in [-0.2, 0) is 5.41 Å². The quantitative estimate of drug-likeness (QED) is 0.578. The molecule has 2 rings (SSSR count). The monoisotopic (exact) mass is 325 g/mol. The van der Waals surface area contributed by atoms with Gasteiger partial charge in [0.2, 0.25) is 0 Å². The number of phenolic OH excluding ortho intramolecular Hbond substituents is 1. The van der Waals surface area contributed by atoms with Gasteiger partial charge in [0.15, 0.2) is 0 Å². The van der Waals surface area contributed by atoms with Gasteiger partial charge in [0.25, 0.3) is 0 Å². The van der Waals surface area contributed by atoms with Crippen LogP contribution in [-0.4, -0.2) is 25.0 Å². The van der Waals surface area contributed by atoms with E-state index in [9.17, 15) is 5.11 Å². The molecule has 0 unspecified atom stereocenters. The van der Waals surface area contributed by atoms with Crippen molar-refractivity contribution in [3.63, 3.8) is 0 Å². The second kappa shape index (κ2) is 8.00. The highest BCUT2D eigenvalue weighted by Crippen LogP contribution is 2.40. The Morgan fingerprint density at radius 1 is 1.17 bits per heavy atom. The molecule has 128 valence electrons. The van der Waals surface area contributed by atoms with Gasteiger partial charge in [0.1, 0.15) is 11.5 Å². The van der Waals surface area contributed by atoms with E-state index in [1.807, 2.05) is 30.3 Å². The van der Waals surface area contributed by atoms with Gasteiger partial charge >= 0.3 is 0 Å². The van der Waals surface area contributed by atoms with Crippen LogP contribution in [0.5, 0.6) is 11.5 Å². The Morgan fingerprint density at radius 2 is 1.88 bits per heavy atom. The minimum Gasteiger partial charge on any atom is -0.507 e. The number of hydrogen-bond acceptors (Lipinski definition) is 3. The third-order valence-electron chi connectivity index (χ3n) is 4.39. The molecule has 2 aromatic rings. The molecular weight excluding hydrogens is 298 g/mol. The summed E-state index contributed by atoms with van der Waals surface area (Å²) in [6.07, 6.45) is 3.90. The van der Waals surface area contributed by atoms with E-state index in [1.54, 1.807) is 13.3 Å². The van der Waals surface area contributed by atoms with Gasteiger partial charge in [-0.05, 0) is 24.1 Å². The Balaban J connectivity index is 2.47. The maximum atomic E-state index is 10.8. The lowest BCUT2D eigenvalue weighted by Crippen LogP contribution is -2.19. The van der Waals surface area contributed by atoms with Crippen molar-refractivity contribution in [1.29, 1.82) is 0 Å². The Bertz CT molecular complexity index is 690. The zero-order chi connectivity index (χ0) is 17.6. The standard InChI is InChI=1S/C21H27NO2/c1-5-6-12-22-15-16-13-18(24-4)14-19(20(16)23)21(2,3)17-10-8-7-9-11-17/h7-11,13-15,23H,5-6,12H2,1-4H3. The molecule has 0 aliphatic rings. The zero-order valence-electron chi connectivity index (χ0n) is 15.0. The molecular formula is C21H27NO2. The fraction of sp³-hybridized carbons (Fsp3) is 0.381. The predicted octanol–water partition coefficient (Wildman–Crippen LogP) is 4.95. The lowest BCUT2D eigenvalue weighted by atomic mass is 9.77. The summed E-state index contributed by atoms with van der Waals surface area (Å²) in [5.41, 5.74) is 2.34. The van der Waals surface area contributed by atoms with Gasteiger partial charge in [-0.15, -0.1) is 0 Å². The molecule has 0 saturated heterocycles. The zero-order valence-corrected chi connectivity index (χ0v) is 15.0. The van der Waals surface area contributed by atoms with Crippen LogP contribution in [0, 0.1) is 0 Å². The van der Waals surface area contributed by atoms with Crippen LogP contribution in [0.3, 0.4) is 0 Å². The number of benzene rings is 2. The summed E-state index contributed by atoms with van der Waals surface area (Å²) < 4.78 is 5.44. The fourth-order valence-electron chi connectivity index (χ4n) is 2.74. The summed E-state index contributed by atoms with van der Waals surface area (Å²) in [5, 5.41) is 10.8. The topological polar surface area (TPSA) is 41.8 Å². The molecule has 0 fully saturated rings. The molecule has 0 spiro atoms. The molecule has 3 nitrogen and oxygen atoms in total. The molecule has 0 heterocycles. The van der Waals surface area contributed by atoms with Gasteiger partial charge in [-0.1, -0.05) is 57.5 Å². The van der Waals surface area contributed by atoms with Gasteiger partial charge in [-0.2, -0.15) is 0 Å². The highest BCUT2D eigenvalue weighted by molar-refractivity contribution is 5.85. The molecule has 0 radical (unpaired) electrons. The van der Waals surface area contributed by atoms with Crippen molar-refractivity contribution < 1.29 is 9.84 Å². The number of ether oxygens (including phenoxy) is 1. The van der Waals surface area contributed by atoms with E-state index in [0.717, 1.165) is 36.3 Å². The Kier molecular flexibility index (Phi) is 6.02. The maximum Gasteiger partial charge on any atom is 0.128 e. The van der Waals surface area contributed by atoms with E-state index < -0.39 is 0 Å². The molecule has 1 N–H and O–H groups in total. The highest BCUT2D eigenvalue weighted by atomic mass is 16.5. The van der Waals surface area contributed by atoms with E-state index in [2.05, 4.69) is 37.9 Å². The lowest BCUT2D eigenvalue weighted by molar-refractivity contribution is 0.407. The first-order valence-electron chi connectivity index (χ1n) is 8.47. The summed E-state index contributed by atoms with van der Waals surface area (Å²) in [4.78, 5) is 4.42. The Morgan fingerprint density at radius 3 is 2.50 bits per heavy atom. The average Bonchev–Trinajstić information content (AvgIpc) is 2.60. The molecule has 2 aromatic carbocycles. The van der Waals surface area contributed by atoms with E-state index in [0.29, 0.717) is 5.56 Å². The number of nitrogens with zero attached hydrogens (tertiary/aromatic N) is 1. The number of methoxy groups -OCH3 is 1. The van der Waals surface area contributed by atoms with Crippen molar-refractivity contribution in [3.8, 4) is 11.5 Å². The van der Waals surface area contributed by atoms with Gasteiger partial charge in [0.05, 0.1) is 7.11 Å². The van der Waals surface area contributed by atoms with Gasteiger partial charge in [0, 0.05) is 29.3 Å². The van der Waals surface area contributed by atoms with Gasteiger partial charge in [-0.25, -0.2) is 0 Å². The molecule has 3 heteroatoms. The minimum absolute atomic E-state index is 0.268. The molecule has 24 heavy (non-hydrogen) atoms. The maximum absolute atomic E-state index is 10.8. The molecule has 0 aromatic heterocycles. The summed E-state index contributed by atoms with van der Waals surface area (Å²) in [7, 11) is 1.64. The van der Waals surface area contributed by atoms with Crippen molar-refractivity contribution >= 4 is 6.21 Å². The molecule has 0 aliphatic heterocycles. The van der Waals surface area contributed by atoms with E-state index >= 15 is 0 Å². The number of unbranched alkanes of at least 4 members (excludes halogenated alkanes) is 1. The Hall–Kier alpha value is -2.29. The predicted molar refractivity (Wildman–Crippen MR) is 101 cm³/mol. The number of rotatable bonds is 7. The van der Waals surface area contributed by atoms with Crippen LogP contribution >= 0.6 is 0 Å². The first kappa shape index (κ1) is 18.1. The molecule has 0 bridgehead atoms. The molecule has 0 atom stereocenters. The molecule has 0 saturated carbocycles. The summed E-state index contributed by atoms with van der Waals surface area (Å²) in [5.74, 6) is 0.994. The van der Waals surface area contributed by atoms with Crippen LogP contribution in [0.15, 0.2) is 47.5 Å². The number of aromatic hydroxyl groups is 1. The Labute approximate surface area is 145 Å². The van der Waals surface area contributed by atoms with E-state index in [1.165, 1.54) is 0 Å². The van der Waals surface area contributed by atoms with E-state index in [-0.39, 0.29) is 11.2 Å². The van der Waals surface area contributed by atoms with Crippen LogP contribution in [0.4, 0.5) is 0 Å². The van der Waals surface area contributed by atoms with Crippen molar-refractivity contribution in [2.45, 2.75) is 39.0 Å². The largest absolute Gasteiger partial charge is 0.507 e. The minimum atomic E-state index is -0.341. The van der Waals surface area contributed by atoms with Crippen LogP contribution in [0.2, 0.25) is 0 Å². The smallest absolute Gasteiger partial charge is 0.128 e. The highest BCUT2D eigenvalue weighted by Gasteiger charge is 2.28. The summed E-state index contributed by atoms with van der Waals surface area (Å²) in [6, 6.07) is 13.9. The average molecular weight is 325 g/mol. The van der Waals surface area contributed by atoms with Crippen LogP contribution in [0.25, 0.3) is 0 Å². The third kappa shape index (κ3) is 3.97. The van der Waals surface area contributed by atoms with Gasteiger partial charge < -0.3 is 9.84 Å².